The molecule has 2 rings (SSSR count). The molecule has 0 aliphatic carbocycles. The lowest BCUT2D eigenvalue weighted by molar-refractivity contribution is 0.249. The minimum atomic E-state index is 0.113. The number of rotatable bonds is 1. The molecule has 1 aliphatic heterocycles. The highest BCUT2D eigenvalue weighted by Crippen LogP contribution is 2.14. The molecule has 0 spiro atoms. The summed E-state index contributed by atoms with van der Waals surface area (Å²) < 4.78 is 10.5. The van der Waals surface area contributed by atoms with Gasteiger partial charge in [0.05, 0.1) is 5.69 Å². The van der Waals surface area contributed by atoms with Gasteiger partial charge in [0.25, 0.3) is 0 Å². The summed E-state index contributed by atoms with van der Waals surface area (Å²) in [7, 11) is 0. The zero-order valence-electron chi connectivity index (χ0n) is 7.43. The zero-order valence-corrected chi connectivity index (χ0v) is 7.43. The maximum absolute atomic E-state index is 5.29. The first-order chi connectivity index (χ1) is 6.34. The van der Waals surface area contributed by atoms with Crippen molar-refractivity contribution in [3.63, 3.8) is 0 Å². The lowest BCUT2D eigenvalue weighted by atomic mass is 10.3. The van der Waals surface area contributed by atoms with Crippen LogP contribution < -0.4 is 0 Å². The minimum Gasteiger partial charge on any atom is -0.447 e. The monoisotopic (exact) mass is 177 g/mol. The van der Waals surface area contributed by atoms with Gasteiger partial charge in [-0.25, -0.2) is 0 Å². The van der Waals surface area contributed by atoms with E-state index in [1.54, 1.807) is 0 Å². The Hall–Kier alpha value is -1.51. The second-order valence-electron chi connectivity index (χ2n) is 2.95. The highest BCUT2D eigenvalue weighted by molar-refractivity contribution is 5.72. The van der Waals surface area contributed by atoms with Crippen molar-refractivity contribution in [1.29, 1.82) is 0 Å². The van der Waals surface area contributed by atoms with E-state index in [0.29, 0.717) is 12.7 Å². The molecule has 1 saturated heterocycles. The second kappa shape index (κ2) is 3.47. The number of nitrogens with zero attached hydrogens (tertiary/aromatic N) is 1. The number of aliphatic imine (C=N–C) groups is 1. The van der Waals surface area contributed by atoms with Crippen molar-refractivity contribution < 1.29 is 9.47 Å². The average molecular weight is 177 g/mol. The molecule has 0 radical (unpaired) electrons. The lowest BCUT2D eigenvalue weighted by Crippen LogP contribution is -2.02. The molecule has 3 nitrogen and oxygen atoms in total. The molecule has 1 aromatic rings. The van der Waals surface area contributed by atoms with Crippen LogP contribution in [0, 0.1) is 0 Å². The van der Waals surface area contributed by atoms with E-state index in [-0.39, 0.29) is 6.10 Å². The number of hydrogen-bond acceptors (Lipinski definition) is 3. The molecule has 68 valence electrons. The van der Waals surface area contributed by atoms with E-state index in [2.05, 4.69) is 4.99 Å². The van der Waals surface area contributed by atoms with Gasteiger partial charge in [-0.2, -0.15) is 4.99 Å². The third kappa shape index (κ3) is 1.99. The van der Waals surface area contributed by atoms with Gasteiger partial charge in [0.2, 0.25) is 0 Å². The first-order valence-corrected chi connectivity index (χ1v) is 4.28. The Morgan fingerprint density at radius 3 is 2.69 bits per heavy atom. The molecule has 1 atom stereocenters. The maximum Gasteiger partial charge on any atom is 0.389 e. The Kier molecular flexibility index (Phi) is 2.17. The molecule has 1 aromatic carbocycles. The Labute approximate surface area is 77.0 Å². The summed E-state index contributed by atoms with van der Waals surface area (Å²) in [6, 6.07) is 9.61. The summed E-state index contributed by atoms with van der Waals surface area (Å²) in [5.41, 5.74) is 0.853. The average Bonchev–Trinajstić information content (AvgIpc) is 2.53. The zero-order chi connectivity index (χ0) is 9.10. The highest BCUT2D eigenvalue weighted by atomic mass is 16.7. The molecule has 1 aliphatic rings. The maximum atomic E-state index is 5.29. The fourth-order valence-corrected chi connectivity index (χ4v) is 1.10. The standard InChI is InChI=1S/C10H11NO2/c1-8-7-12-10(13-8)11-9-5-3-2-4-6-9/h2-6,8H,7H2,1H3/t8-/m1/s1. The summed E-state index contributed by atoms with van der Waals surface area (Å²) in [5, 5.41) is 0. The van der Waals surface area contributed by atoms with E-state index in [9.17, 15) is 0 Å². The van der Waals surface area contributed by atoms with E-state index >= 15 is 0 Å². The predicted molar refractivity (Wildman–Crippen MR) is 50.0 cm³/mol. The van der Waals surface area contributed by atoms with Crippen molar-refractivity contribution in [1.82, 2.24) is 0 Å². The molecule has 0 unspecified atom stereocenters. The van der Waals surface area contributed by atoms with Gasteiger partial charge in [-0.15, -0.1) is 0 Å². The second-order valence-corrected chi connectivity index (χ2v) is 2.95. The van der Waals surface area contributed by atoms with Gasteiger partial charge in [0.15, 0.2) is 0 Å². The van der Waals surface area contributed by atoms with Crippen molar-refractivity contribution in [2.24, 2.45) is 4.99 Å². The number of para-hydroxylation sites is 1. The number of benzene rings is 1. The topological polar surface area (TPSA) is 30.8 Å². The molecule has 13 heavy (non-hydrogen) atoms. The summed E-state index contributed by atoms with van der Waals surface area (Å²) in [4.78, 5) is 4.18. The molecule has 0 aromatic heterocycles. The van der Waals surface area contributed by atoms with Crippen molar-refractivity contribution in [3.8, 4) is 0 Å². The van der Waals surface area contributed by atoms with Crippen molar-refractivity contribution in [2.75, 3.05) is 6.61 Å². The third-order valence-corrected chi connectivity index (χ3v) is 1.72. The van der Waals surface area contributed by atoms with E-state index in [1.165, 1.54) is 0 Å². The SMILES string of the molecule is C[C@@H]1COC(=Nc2ccccc2)O1. The normalized spacial score (nSPS) is 24.1. The van der Waals surface area contributed by atoms with Crippen LogP contribution in [0.4, 0.5) is 5.69 Å². The summed E-state index contributed by atoms with van der Waals surface area (Å²) in [5.74, 6) is 0. The van der Waals surface area contributed by atoms with Crippen LogP contribution in [0.3, 0.4) is 0 Å². The fraction of sp³-hybridized carbons (Fsp3) is 0.300. The van der Waals surface area contributed by atoms with Gasteiger partial charge in [-0.3, -0.25) is 0 Å². The quantitative estimate of drug-likeness (QED) is 0.657. The predicted octanol–water partition coefficient (Wildman–Crippen LogP) is 2.11. The van der Waals surface area contributed by atoms with Crippen LogP contribution in [-0.4, -0.2) is 18.8 Å². The van der Waals surface area contributed by atoms with Crippen molar-refractivity contribution >= 4 is 11.8 Å². The summed E-state index contributed by atoms with van der Waals surface area (Å²) in [6.45, 7) is 2.54. The van der Waals surface area contributed by atoms with Crippen LogP contribution in [0.5, 0.6) is 0 Å². The molecule has 0 amide bonds. The lowest BCUT2D eigenvalue weighted by Gasteiger charge is -1.97. The van der Waals surface area contributed by atoms with Crippen molar-refractivity contribution in [3.05, 3.63) is 30.3 Å². The van der Waals surface area contributed by atoms with Gasteiger partial charge in [0.1, 0.15) is 12.7 Å². The summed E-state index contributed by atoms with van der Waals surface area (Å²) in [6.07, 6.45) is 0.487. The summed E-state index contributed by atoms with van der Waals surface area (Å²) >= 11 is 0. The third-order valence-electron chi connectivity index (χ3n) is 1.72. The molecule has 1 heterocycles. The van der Waals surface area contributed by atoms with E-state index in [1.807, 2.05) is 37.3 Å². The molecular formula is C10H11NO2. The van der Waals surface area contributed by atoms with Crippen LogP contribution in [0.15, 0.2) is 35.3 Å². The fourth-order valence-electron chi connectivity index (χ4n) is 1.10. The Morgan fingerprint density at radius 2 is 2.08 bits per heavy atom. The first kappa shape index (κ1) is 8.10. The smallest absolute Gasteiger partial charge is 0.389 e. The van der Waals surface area contributed by atoms with Crippen LogP contribution in [-0.2, 0) is 9.47 Å². The van der Waals surface area contributed by atoms with Crippen LogP contribution in [0.2, 0.25) is 0 Å². The number of hydrogen-bond donors (Lipinski definition) is 0. The molecule has 0 N–H and O–H groups in total. The molecule has 3 heteroatoms. The first-order valence-electron chi connectivity index (χ1n) is 4.28. The van der Waals surface area contributed by atoms with Gasteiger partial charge < -0.3 is 9.47 Å². The van der Waals surface area contributed by atoms with Gasteiger partial charge in [-0.05, 0) is 19.1 Å². The van der Waals surface area contributed by atoms with E-state index in [0.717, 1.165) is 5.69 Å². The molecule has 1 fully saturated rings. The van der Waals surface area contributed by atoms with Gasteiger partial charge in [0, 0.05) is 0 Å². The van der Waals surface area contributed by atoms with Crippen molar-refractivity contribution in [2.45, 2.75) is 13.0 Å². The van der Waals surface area contributed by atoms with E-state index in [4.69, 9.17) is 9.47 Å². The number of ether oxygens (including phenoxy) is 2. The molecule has 0 saturated carbocycles. The molecule has 0 bridgehead atoms. The largest absolute Gasteiger partial charge is 0.447 e. The van der Waals surface area contributed by atoms with Crippen LogP contribution >= 0.6 is 0 Å². The molecular weight excluding hydrogens is 166 g/mol. The van der Waals surface area contributed by atoms with Gasteiger partial charge in [-0.1, -0.05) is 18.2 Å². The Bertz CT molecular complexity index is 308. The van der Waals surface area contributed by atoms with Gasteiger partial charge >= 0.3 is 6.08 Å². The van der Waals surface area contributed by atoms with Crippen LogP contribution in [0.1, 0.15) is 6.92 Å². The Balaban J connectivity index is 2.13. The highest BCUT2D eigenvalue weighted by Gasteiger charge is 2.18. The minimum absolute atomic E-state index is 0.113. The van der Waals surface area contributed by atoms with E-state index < -0.39 is 0 Å². The Morgan fingerprint density at radius 1 is 1.31 bits per heavy atom. The van der Waals surface area contributed by atoms with Crippen LogP contribution in [0.25, 0.3) is 0 Å².